The number of fused-ring (bicyclic) bond motifs is 1. The number of Topliss-reactive ketones (excluding diaryl/α,β-unsaturated/α-hetero) is 1. The van der Waals surface area contributed by atoms with Gasteiger partial charge in [-0.1, -0.05) is 18.2 Å². The van der Waals surface area contributed by atoms with Crippen molar-refractivity contribution in [2.24, 2.45) is 5.92 Å². The van der Waals surface area contributed by atoms with E-state index in [4.69, 9.17) is 9.47 Å². The van der Waals surface area contributed by atoms with Crippen LogP contribution in [0.4, 0.5) is 41.6 Å². The Labute approximate surface area is 232 Å². The third-order valence-corrected chi connectivity index (χ3v) is 7.50. The van der Waals surface area contributed by atoms with Crippen LogP contribution in [-0.4, -0.2) is 42.6 Å². The summed E-state index contributed by atoms with van der Waals surface area (Å²) in [5.41, 5.74) is -5.09. The first-order chi connectivity index (χ1) is 19.1. The van der Waals surface area contributed by atoms with Gasteiger partial charge in [-0.05, 0) is 62.4 Å². The number of rotatable bonds is 6. The number of carbonyl (C=O) groups excluding carboxylic acids is 3. The van der Waals surface area contributed by atoms with Gasteiger partial charge in [0.25, 0.3) is 0 Å². The molecule has 1 aliphatic heterocycles. The van der Waals surface area contributed by atoms with E-state index in [1.165, 1.54) is 17.9 Å². The zero-order chi connectivity index (χ0) is 30.3. The normalized spacial score (nSPS) is 20.7. The maximum Gasteiger partial charge on any atom is 0.416 e. The van der Waals surface area contributed by atoms with Crippen molar-refractivity contribution in [3.8, 4) is 0 Å². The lowest BCUT2D eigenvalue weighted by Gasteiger charge is -2.50. The summed E-state index contributed by atoms with van der Waals surface area (Å²) in [7, 11) is 0.995. The molecule has 222 valence electrons. The first-order valence-corrected chi connectivity index (χ1v) is 12.9. The Balaban J connectivity index is 1.94. The Hall–Kier alpha value is -3.77. The van der Waals surface area contributed by atoms with Crippen LogP contribution in [0.3, 0.4) is 0 Å². The number of carbonyl (C=O) groups is 3. The summed E-state index contributed by atoms with van der Waals surface area (Å²) < 4.78 is 91.8. The van der Waals surface area contributed by atoms with Gasteiger partial charge in [-0.15, -0.1) is 0 Å². The highest BCUT2D eigenvalue weighted by Gasteiger charge is 2.57. The standard InChI is InChI=1S/C28H28F6N2O5/c1-4-41-25(39)36-22-8-6-5-7-21(22)26(16(2)37,14-23(36)18-9-10-18)35(24(38)40-3)15-17-11-19(27(29,30)31)13-20(12-17)28(32,33)34/h5-8,11-13,18,23H,4,9-10,14-15H2,1-3H3/t23-,26+/m0/s1. The predicted octanol–water partition coefficient (Wildman–Crippen LogP) is 6.92. The van der Waals surface area contributed by atoms with Gasteiger partial charge in [-0.2, -0.15) is 26.3 Å². The van der Waals surface area contributed by atoms with Crippen molar-refractivity contribution in [3.63, 3.8) is 0 Å². The van der Waals surface area contributed by atoms with Gasteiger partial charge in [0.05, 0.1) is 37.1 Å². The molecule has 0 bridgehead atoms. The molecule has 13 heteroatoms. The molecule has 4 rings (SSSR count). The molecule has 2 aliphatic rings. The molecular weight excluding hydrogens is 558 g/mol. The molecule has 7 nitrogen and oxygen atoms in total. The molecule has 1 aliphatic carbocycles. The highest BCUT2D eigenvalue weighted by atomic mass is 19.4. The smallest absolute Gasteiger partial charge is 0.416 e. The number of alkyl halides is 6. The Morgan fingerprint density at radius 3 is 2.07 bits per heavy atom. The number of para-hydroxylation sites is 1. The van der Waals surface area contributed by atoms with E-state index in [0.717, 1.165) is 12.0 Å². The summed E-state index contributed by atoms with van der Waals surface area (Å²) in [6.07, 6.45) is -10.8. The summed E-state index contributed by atoms with van der Waals surface area (Å²) in [5.74, 6) is -0.677. The van der Waals surface area contributed by atoms with Crippen LogP contribution in [0.1, 0.15) is 55.4 Å². The maximum absolute atomic E-state index is 13.6. The molecule has 0 radical (unpaired) electrons. The number of ketones is 1. The lowest BCUT2D eigenvalue weighted by atomic mass is 9.73. The molecule has 41 heavy (non-hydrogen) atoms. The van der Waals surface area contributed by atoms with Gasteiger partial charge in [0.2, 0.25) is 0 Å². The quantitative estimate of drug-likeness (QED) is 0.344. The third-order valence-electron chi connectivity index (χ3n) is 7.50. The number of anilines is 1. The van der Waals surface area contributed by atoms with Crippen molar-refractivity contribution in [1.82, 2.24) is 4.90 Å². The Bertz CT molecular complexity index is 1310. The molecule has 0 spiro atoms. The Morgan fingerprint density at radius 1 is 1.00 bits per heavy atom. The number of hydrogen-bond acceptors (Lipinski definition) is 5. The fourth-order valence-corrected chi connectivity index (χ4v) is 5.54. The van der Waals surface area contributed by atoms with Crippen LogP contribution in [0.25, 0.3) is 0 Å². The molecule has 1 fully saturated rings. The summed E-state index contributed by atoms with van der Waals surface area (Å²) >= 11 is 0. The maximum atomic E-state index is 13.6. The second-order valence-electron chi connectivity index (χ2n) is 10.1. The molecular formula is C28H28F6N2O5. The van der Waals surface area contributed by atoms with Crippen molar-refractivity contribution in [2.75, 3.05) is 18.6 Å². The van der Waals surface area contributed by atoms with Crippen LogP contribution in [-0.2, 0) is 38.7 Å². The van der Waals surface area contributed by atoms with Gasteiger partial charge in [-0.25, -0.2) is 9.59 Å². The highest BCUT2D eigenvalue weighted by molar-refractivity contribution is 5.98. The van der Waals surface area contributed by atoms with Gasteiger partial charge >= 0.3 is 24.5 Å². The minimum Gasteiger partial charge on any atom is -0.453 e. The van der Waals surface area contributed by atoms with Crippen LogP contribution in [0.15, 0.2) is 42.5 Å². The van der Waals surface area contributed by atoms with E-state index in [2.05, 4.69) is 0 Å². The predicted molar refractivity (Wildman–Crippen MR) is 134 cm³/mol. The number of nitrogens with zero attached hydrogens (tertiary/aromatic N) is 2. The monoisotopic (exact) mass is 586 g/mol. The van der Waals surface area contributed by atoms with Crippen molar-refractivity contribution < 1.29 is 50.2 Å². The lowest BCUT2D eigenvalue weighted by Crippen LogP contribution is -2.61. The summed E-state index contributed by atoms with van der Waals surface area (Å²) in [6.45, 7) is 2.06. The molecule has 2 atom stereocenters. The minimum absolute atomic E-state index is 0.0109. The van der Waals surface area contributed by atoms with E-state index in [9.17, 15) is 40.7 Å². The van der Waals surface area contributed by atoms with Crippen LogP contribution in [0, 0.1) is 5.92 Å². The highest BCUT2D eigenvalue weighted by Crippen LogP contribution is 2.52. The molecule has 1 heterocycles. The molecule has 2 aromatic carbocycles. The first-order valence-electron chi connectivity index (χ1n) is 12.9. The number of halogens is 6. The molecule has 0 saturated heterocycles. The third kappa shape index (κ3) is 5.71. The molecule has 2 amide bonds. The van der Waals surface area contributed by atoms with E-state index >= 15 is 0 Å². The second-order valence-corrected chi connectivity index (χ2v) is 10.1. The topological polar surface area (TPSA) is 76.2 Å². The molecule has 0 N–H and O–H groups in total. The molecule has 0 unspecified atom stereocenters. The summed E-state index contributed by atoms with van der Waals surface area (Å²) in [6, 6.07) is 6.58. The number of amides is 2. The largest absolute Gasteiger partial charge is 0.453 e. The van der Waals surface area contributed by atoms with E-state index in [1.807, 2.05) is 0 Å². The SMILES string of the molecule is CCOC(=O)N1c2ccccc2[C@@](C(C)=O)(N(Cc2cc(C(F)(F)F)cc(C(F)(F)F)c2)C(=O)OC)C[C@H]1C1CC1. The Morgan fingerprint density at radius 2 is 1.59 bits per heavy atom. The fraction of sp³-hybridized carbons (Fsp3) is 0.464. The number of benzene rings is 2. The average Bonchev–Trinajstić information content (AvgIpc) is 3.75. The van der Waals surface area contributed by atoms with Crippen LogP contribution in [0.5, 0.6) is 0 Å². The van der Waals surface area contributed by atoms with E-state index < -0.39 is 65.1 Å². The number of hydrogen-bond donors (Lipinski definition) is 0. The second kappa shape index (κ2) is 10.9. The minimum atomic E-state index is -5.11. The summed E-state index contributed by atoms with van der Waals surface area (Å²) in [5, 5.41) is 0. The Kier molecular flexibility index (Phi) is 8.03. The van der Waals surface area contributed by atoms with Crippen molar-refractivity contribution >= 4 is 23.7 Å². The zero-order valence-electron chi connectivity index (χ0n) is 22.4. The number of methoxy groups -OCH3 is 1. The molecule has 0 aromatic heterocycles. The van der Waals surface area contributed by atoms with Gasteiger partial charge in [0.15, 0.2) is 5.78 Å². The van der Waals surface area contributed by atoms with Crippen molar-refractivity contribution in [3.05, 3.63) is 64.7 Å². The number of ether oxygens (including phenoxy) is 2. The lowest BCUT2D eigenvalue weighted by molar-refractivity contribution is -0.143. The van der Waals surface area contributed by atoms with Crippen LogP contribution < -0.4 is 4.90 Å². The first kappa shape index (κ1) is 30.2. The van der Waals surface area contributed by atoms with E-state index in [-0.39, 0.29) is 36.3 Å². The zero-order valence-corrected chi connectivity index (χ0v) is 22.4. The van der Waals surface area contributed by atoms with Crippen molar-refractivity contribution in [2.45, 2.75) is 63.6 Å². The molecule has 1 saturated carbocycles. The van der Waals surface area contributed by atoms with E-state index in [1.54, 1.807) is 25.1 Å². The van der Waals surface area contributed by atoms with Gasteiger partial charge in [0, 0.05) is 18.0 Å². The molecule has 2 aromatic rings. The van der Waals surface area contributed by atoms with Crippen molar-refractivity contribution in [1.29, 1.82) is 0 Å². The average molecular weight is 587 g/mol. The van der Waals surface area contributed by atoms with Crippen LogP contribution in [0.2, 0.25) is 0 Å². The van der Waals surface area contributed by atoms with Gasteiger partial charge in [0.1, 0.15) is 5.54 Å². The van der Waals surface area contributed by atoms with Gasteiger partial charge < -0.3 is 9.47 Å². The fourth-order valence-electron chi connectivity index (χ4n) is 5.54. The van der Waals surface area contributed by atoms with Crippen LogP contribution >= 0.6 is 0 Å². The van der Waals surface area contributed by atoms with Gasteiger partial charge in [-0.3, -0.25) is 14.6 Å². The van der Waals surface area contributed by atoms with E-state index in [0.29, 0.717) is 25.0 Å². The summed E-state index contributed by atoms with van der Waals surface area (Å²) in [4.78, 5) is 42.3.